The molecule has 0 aliphatic heterocycles. The highest BCUT2D eigenvalue weighted by Gasteiger charge is 2.13. The van der Waals surface area contributed by atoms with Crippen LogP contribution in [0.4, 0.5) is 5.69 Å². The van der Waals surface area contributed by atoms with Crippen molar-refractivity contribution in [2.24, 2.45) is 4.99 Å². The van der Waals surface area contributed by atoms with Crippen molar-refractivity contribution in [2.75, 3.05) is 0 Å². The molecule has 3 aromatic rings. The van der Waals surface area contributed by atoms with Crippen molar-refractivity contribution in [1.82, 2.24) is 4.57 Å². The van der Waals surface area contributed by atoms with Gasteiger partial charge in [-0.2, -0.15) is 0 Å². The third-order valence-electron chi connectivity index (χ3n) is 4.65. The first kappa shape index (κ1) is 19.1. The Morgan fingerprint density at radius 3 is 2.41 bits per heavy atom. The van der Waals surface area contributed by atoms with E-state index >= 15 is 0 Å². The lowest BCUT2D eigenvalue weighted by atomic mass is 10.1. The minimum atomic E-state index is -0.914. The van der Waals surface area contributed by atoms with Crippen molar-refractivity contribution >= 4 is 33.8 Å². The molecule has 138 valence electrons. The van der Waals surface area contributed by atoms with Crippen LogP contribution in [0.25, 0.3) is 5.69 Å². The number of carboxylic acids is 1. The first-order chi connectivity index (χ1) is 12.8. The molecule has 0 saturated heterocycles. The van der Waals surface area contributed by atoms with E-state index in [1.165, 1.54) is 0 Å². The Morgan fingerprint density at radius 2 is 1.78 bits per heavy atom. The molecule has 0 spiro atoms. The molecule has 4 nitrogen and oxygen atoms in total. The quantitative estimate of drug-likeness (QED) is 0.528. The predicted octanol–water partition coefficient (Wildman–Crippen LogP) is 5.92. The topological polar surface area (TPSA) is 54.6 Å². The van der Waals surface area contributed by atoms with Gasteiger partial charge in [0.25, 0.3) is 0 Å². The Morgan fingerprint density at radius 1 is 1.04 bits per heavy atom. The van der Waals surface area contributed by atoms with Crippen molar-refractivity contribution < 1.29 is 9.90 Å². The van der Waals surface area contributed by atoms with Crippen LogP contribution in [0.2, 0.25) is 0 Å². The standard InChI is InChI=1S/C22H21BrN2O2/c1-13-10-19(6-7-20(13)23)24-12-18-11-15(3)25(16(18)4)21-8-5-17(22(26)27)9-14(21)2/h5-12H,1-4H3,(H,26,27). The SMILES string of the molecule is Cc1cc(N=Cc2cc(C)n(-c3ccc(C(=O)O)cc3C)c2C)ccc1Br. The second-order valence-corrected chi connectivity index (χ2v) is 7.51. The fraction of sp³-hybridized carbons (Fsp3) is 0.182. The van der Waals surface area contributed by atoms with Crippen LogP contribution in [0.15, 0.2) is 51.9 Å². The van der Waals surface area contributed by atoms with Crippen molar-refractivity contribution in [3.63, 3.8) is 0 Å². The van der Waals surface area contributed by atoms with Gasteiger partial charge in [0.1, 0.15) is 0 Å². The number of hydrogen-bond donors (Lipinski definition) is 1. The number of carboxylic acid groups (broad SMARTS) is 1. The van der Waals surface area contributed by atoms with E-state index in [2.05, 4.69) is 31.6 Å². The van der Waals surface area contributed by atoms with Gasteiger partial charge >= 0.3 is 5.97 Å². The van der Waals surface area contributed by atoms with Crippen molar-refractivity contribution in [3.05, 3.63) is 80.6 Å². The molecule has 0 amide bonds. The highest BCUT2D eigenvalue weighted by Crippen LogP contribution is 2.25. The number of aliphatic imine (C=N–C) groups is 1. The normalized spacial score (nSPS) is 11.3. The van der Waals surface area contributed by atoms with Crippen LogP contribution >= 0.6 is 15.9 Å². The minimum Gasteiger partial charge on any atom is -0.478 e. The Hall–Kier alpha value is -2.66. The monoisotopic (exact) mass is 424 g/mol. The van der Waals surface area contributed by atoms with Crippen LogP contribution < -0.4 is 0 Å². The second-order valence-electron chi connectivity index (χ2n) is 6.66. The maximum absolute atomic E-state index is 11.2. The summed E-state index contributed by atoms with van der Waals surface area (Å²) in [5.74, 6) is -0.914. The Labute approximate surface area is 167 Å². The van der Waals surface area contributed by atoms with Gasteiger partial charge in [-0.15, -0.1) is 0 Å². The predicted molar refractivity (Wildman–Crippen MR) is 113 cm³/mol. The molecule has 1 aromatic heterocycles. The number of aryl methyl sites for hydroxylation is 3. The maximum Gasteiger partial charge on any atom is 0.335 e. The van der Waals surface area contributed by atoms with E-state index in [0.29, 0.717) is 5.56 Å². The van der Waals surface area contributed by atoms with Gasteiger partial charge in [0.15, 0.2) is 0 Å². The average molecular weight is 425 g/mol. The van der Waals surface area contributed by atoms with E-state index in [1.54, 1.807) is 12.1 Å². The summed E-state index contributed by atoms with van der Waals surface area (Å²) in [5, 5.41) is 9.17. The number of carbonyl (C=O) groups is 1. The summed E-state index contributed by atoms with van der Waals surface area (Å²) in [7, 11) is 0. The summed E-state index contributed by atoms with van der Waals surface area (Å²) in [6, 6.07) is 13.3. The van der Waals surface area contributed by atoms with E-state index in [0.717, 1.165) is 43.9 Å². The van der Waals surface area contributed by atoms with Gasteiger partial charge in [-0.1, -0.05) is 15.9 Å². The van der Waals surface area contributed by atoms with Gasteiger partial charge in [-0.05, 0) is 81.3 Å². The Balaban J connectivity index is 1.99. The molecule has 0 atom stereocenters. The molecule has 0 saturated carbocycles. The number of benzene rings is 2. The zero-order valence-corrected chi connectivity index (χ0v) is 17.3. The fourth-order valence-electron chi connectivity index (χ4n) is 3.18. The van der Waals surface area contributed by atoms with Gasteiger partial charge in [-0.25, -0.2) is 4.79 Å². The molecule has 3 rings (SSSR count). The summed E-state index contributed by atoms with van der Waals surface area (Å²) < 4.78 is 3.20. The second kappa shape index (κ2) is 7.53. The lowest BCUT2D eigenvalue weighted by Crippen LogP contribution is -2.04. The lowest BCUT2D eigenvalue weighted by molar-refractivity contribution is 0.0697. The third kappa shape index (κ3) is 3.88. The van der Waals surface area contributed by atoms with E-state index in [-0.39, 0.29) is 0 Å². The van der Waals surface area contributed by atoms with Crippen LogP contribution in [0.3, 0.4) is 0 Å². The van der Waals surface area contributed by atoms with Crippen LogP contribution in [0.5, 0.6) is 0 Å². The van der Waals surface area contributed by atoms with Crippen molar-refractivity contribution in [3.8, 4) is 5.69 Å². The number of halogens is 1. The fourth-order valence-corrected chi connectivity index (χ4v) is 3.43. The number of rotatable bonds is 4. The molecule has 0 unspecified atom stereocenters. The average Bonchev–Trinajstić information content (AvgIpc) is 2.90. The molecule has 0 fully saturated rings. The smallest absolute Gasteiger partial charge is 0.335 e. The number of aromatic nitrogens is 1. The largest absolute Gasteiger partial charge is 0.478 e. The zero-order valence-electron chi connectivity index (χ0n) is 15.7. The van der Waals surface area contributed by atoms with Crippen LogP contribution in [0, 0.1) is 27.7 Å². The molecular formula is C22H21BrN2O2. The highest BCUT2D eigenvalue weighted by atomic mass is 79.9. The molecular weight excluding hydrogens is 404 g/mol. The van der Waals surface area contributed by atoms with Crippen molar-refractivity contribution in [1.29, 1.82) is 0 Å². The zero-order chi connectivity index (χ0) is 19.7. The number of hydrogen-bond acceptors (Lipinski definition) is 2. The van der Waals surface area contributed by atoms with Gasteiger partial charge in [0.05, 0.1) is 11.3 Å². The number of aromatic carboxylic acids is 1. The van der Waals surface area contributed by atoms with Gasteiger partial charge in [0.2, 0.25) is 0 Å². The summed E-state index contributed by atoms with van der Waals surface area (Å²) in [4.78, 5) is 15.8. The lowest BCUT2D eigenvalue weighted by Gasteiger charge is -2.13. The van der Waals surface area contributed by atoms with E-state index in [9.17, 15) is 9.90 Å². The van der Waals surface area contributed by atoms with Crippen LogP contribution in [-0.2, 0) is 0 Å². The summed E-state index contributed by atoms with van der Waals surface area (Å²) in [6.07, 6.45) is 1.88. The first-order valence-electron chi connectivity index (χ1n) is 8.61. The minimum absolute atomic E-state index is 0.297. The maximum atomic E-state index is 11.2. The summed E-state index contributed by atoms with van der Waals surface area (Å²) >= 11 is 3.50. The van der Waals surface area contributed by atoms with Gasteiger partial charge in [-0.3, -0.25) is 4.99 Å². The molecule has 2 aromatic carbocycles. The summed E-state index contributed by atoms with van der Waals surface area (Å²) in [6.45, 7) is 8.06. The Kier molecular flexibility index (Phi) is 5.33. The molecule has 5 heteroatoms. The van der Waals surface area contributed by atoms with Gasteiger partial charge < -0.3 is 9.67 Å². The van der Waals surface area contributed by atoms with Gasteiger partial charge in [0, 0.05) is 33.3 Å². The molecule has 0 radical (unpaired) electrons. The third-order valence-corrected chi connectivity index (χ3v) is 5.54. The van der Waals surface area contributed by atoms with E-state index in [1.807, 2.05) is 58.2 Å². The highest BCUT2D eigenvalue weighted by molar-refractivity contribution is 9.10. The van der Waals surface area contributed by atoms with E-state index in [4.69, 9.17) is 0 Å². The number of nitrogens with zero attached hydrogens (tertiary/aromatic N) is 2. The Bertz CT molecular complexity index is 1060. The molecule has 27 heavy (non-hydrogen) atoms. The molecule has 0 aliphatic rings. The molecule has 1 heterocycles. The van der Waals surface area contributed by atoms with Crippen molar-refractivity contribution in [2.45, 2.75) is 27.7 Å². The van der Waals surface area contributed by atoms with Crippen LogP contribution in [-0.4, -0.2) is 21.9 Å². The first-order valence-corrected chi connectivity index (χ1v) is 9.40. The molecule has 0 bridgehead atoms. The summed E-state index contributed by atoms with van der Waals surface area (Å²) in [5.41, 5.74) is 7.42. The van der Waals surface area contributed by atoms with Crippen LogP contribution in [0.1, 0.15) is 38.4 Å². The molecule has 1 N–H and O–H groups in total. The van der Waals surface area contributed by atoms with E-state index < -0.39 is 5.97 Å². The molecule has 0 aliphatic carbocycles.